The van der Waals surface area contributed by atoms with Crippen molar-refractivity contribution in [2.45, 2.75) is 6.04 Å². The summed E-state index contributed by atoms with van der Waals surface area (Å²) in [5.41, 5.74) is 0.800. The van der Waals surface area contributed by atoms with Gasteiger partial charge in [0.1, 0.15) is 6.04 Å². The molecule has 0 fully saturated rings. The number of hydrogen-bond donors (Lipinski definition) is 2. The molecule has 0 amide bonds. The molecular formula is C11H11ClN2O3. The number of nitrogens with zero attached hydrogens (tertiary/aromatic N) is 1. The fraction of sp³-hybridized carbons (Fsp3) is 0.273. The van der Waals surface area contributed by atoms with Crippen molar-refractivity contribution >= 4 is 23.3 Å². The van der Waals surface area contributed by atoms with E-state index >= 15 is 0 Å². The summed E-state index contributed by atoms with van der Waals surface area (Å²) in [7, 11) is 1.41. The number of carboxylic acids is 1. The molecule has 0 aromatic heterocycles. The smallest absolute Gasteiger partial charge is 0.328 e. The third-order valence-corrected chi connectivity index (χ3v) is 2.39. The molecule has 90 valence electrons. The standard InChI is InChI=1S/C11H11ClN2O3/c1-17-6-10(11(15)16)14-9-4-7(5-13)2-3-8(9)12/h2-4,10,14H,6H2,1H3,(H,15,16). The second-order valence-corrected chi connectivity index (χ2v) is 3.70. The van der Waals surface area contributed by atoms with Crippen molar-refractivity contribution < 1.29 is 14.6 Å². The fourth-order valence-corrected chi connectivity index (χ4v) is 1.41. The molecule has 1 aromatic carbocycles. The van der Waals surface area contributed by atoms with E-state index in [0.29, 0.717) is 16.3 Å². The molecule has 1 aromatic rings. The van der Waals surface area contributed by atoms with Gasteiger partial charge in [-0.3, -0.25) is 0 Å². The predicted molar refractivity (Wildman–Crippen MR) is 63.1 cm³/mol. The van der Waals surface area contributed by atoms with Gasteiger partial charge < -0.3 is 15.2 Å². The number of nitrogens with one attached hydrogen (secondary N) is 1. The van der Waals surface area contributed by atoms with E-state index in [4.69, 9.17) is 26.7 Å². The predicted octanol–water partition coefficient (Wildman–Crippen LogP) is 1.72. The number of nitriles is 1. The molecule has 1 unspecified atom stereocenters. The molecule has 0 saturated carbocycles. The third-order valence-electron chi connectivity index (χ3n) is 2.06. The van der Waals surface area contributed by atoms with Gasteiger partial charge >= 0.3 is 5.97 Å². The maximum atomic E-state index is 10.9. The van der Waals surface area contributed by atoms with Crippen molar-refractivity contribution in [3.8, 4) is 6.07 Å². The van der Waals surface area contributed by atoms with Crippen molar-refractivity contribution in [3.05, 3.63) is 28.8 Å². The summed E-state index contributed by atoms with van der Waals surface area (Å²) in [5, 5.41) is 20.7. The van der Waals surface area contributed by atoms with Crippen LogP contribution in [0.1, 0.15) is 5.56 Å². The first-order valence-electron chi connectivity index (χ1n) is 4.76. The van der Waals surface area contributed by atoms with Crippen LogP contribution in [0.5, 0.6) is 0 Å². The number of hydrogen-bond acceptors (Lipinski definition) is 4. The number of anilines is 1. The third kappa shape index (κ3) is 3.63. The van der Waals surface area contributed by atoms with Crippen LogP contribution < -0.4 is 5.32 Å². The maximum absolute atomic E-state index is 10.9. The van der Waals surface area contributed by atoms with Crippen LogP contribution >= 0.6 is 11.6 Å². The second kappa shape index (κ2) is 6.09. The summed E-state index contributed by atoms with van der Waals surface area (Å²) >= 11 is 5.90. The van der Waals surface area contributed by atoms with E-state index in [9.17, 15) is 4.79 Å². The molecule has 5 nitrogen and oxygen atoms in total. The first-order valence-corrected chi connectivity index (χ1v) is 5.14. The van der Waals surface area contributed by atoms with Crippen LogP contribution in [0.15, 0.2) is 18.2 Å². The van der Waals surface area contributed by atoms with Gasteiger partial charge in [-0.15, -0.1) is 0 Å². The lowest BCUT2D eigenvalue weighted by Crippen LogP contribution is -2.33. The molecule has 2 N–H and O–H groups in total. The number of methoxy groups -OCH3 is 1. The van der Waals surface area contributed by atoms with Gasteiger partial charge in [0.2, 0.25) is 0 Å². The van der Waals surface area contributed by atoms with Crippen LogP contribution in [-0.2, 0) is 9.53 Å². The Bertz CT molecular complexity index is 457. The molecule has 0 heterocycles. The van der Waals surface area contributed by atoms with Gasteiger partial charge in [-0.1, -0.05) is 11.6 Å². The topological polar surface area (TPSA) is 82.3 Å². The minimum atomic E-state index is -1.05. The minimum absolute atomic E-state index is 0.00242. The van der Waals surface area contributed by atoms with Crippen molar-refractivity contribution in [2.75, 3.05) is 19.0 Å². The van der Waals surface area contributed by atoms with Gasteiger partial charge in [0, 0.05) is 7.11 Å². The Morgan fingerprint density at radius 1 is 1.71 bits per heavy atom. The highest BCUT2D eigenvalue weighted by Crippen LogP contribution is 2.23. The number of halogens is 1. The minimum Gasteiger partial charge on any atom is -0.480 e. The Kier molecular flexibility index (Phi) is 4.76. The van der Waals surface area contributed by atoms with Crippen LogP contribution in [0.2, 0.25) is 5.02 Å². The van der Waals surface area contributed by atoms with Crippen molar-refractivity contribution in [1.82, 2.24) is 0 Å². The quantitative estimate of drug-likeness (QED) is 0.836. The van der Waals surface area contributed by atoms with Gasteiger partial charge in [0.05, 0.1) is 28.9 Å². The Balaban J connectivity index is 2.92. The monoisotopic (exact) mass is 254 g/mol. The number of aliphatic carboxylic acids is 1. The highest BCUT2D eigenvalue weighted by molar-refractivity contribution is 6.33. The molecule has 17 heavy (non-hydrogen) atoms. The number of benzene rings is 1. The maximum Gasteiger partial charge on any atom is 0.328 e. The Morgan fingerprint density at radius 2 is 2.41 bits per heavy atom. The summed E-state index contributed by atoms with van der Waals surface area (Å²) in [6.45, 7) is 0.00242. The molecule has 0 aliphatic carbocycles. The number of ether oxygens (including phenoxy) is 1. The Morgan fingerprint density at radius 3 is 2.94 bits per heavy atom. The van der Waals surface area contributed by atoms with Gasteiger partial charge in [0.15, 0.2) is 0 Å². The van der Waals surface area contributed by atoms with E-state index in [-0.39, 0.29) is 6.61 Å². The zero-order valence-electron chi connectivity index (χ0n) is 9.11. The van der Waals surface area contributed by atoms with Crippen LogP contribution in [-0.4, -0.2) is 30.8 Å². The van der Waals surface area contributed by atoms with Crippen LogP contribution in [0.4, 0.5) is 5.69 Å². The molecule has 6 heteroatoms. The average Bonchev–Trinajstić information content (AvgIpc) is 2.31. The van der Waals surface area contributed by atoms with Gasteiger partial charge in [0.25, 0.3) is 0 Å². The van der Waals surface area contributed by atoms with Gasteiger partial charge in [-0.05, 0) is 18.2 Å². The molecular weight excluding hydrogens is 244 g/mol. The highest BCUT2D eigenvalue weighted by atomic mass is 35.5. The lowest BCUT2D eigenvalue weighted by atomic mass is 10.2. The van der Waals surface area contributed by atoms with E-state index in [1.165, 1.54) is 19.2 Å². The Labute approximate surface area is 104 Å². The molecule has 0 aliphatic heterocycles. The van der Waals surface area contributed by atoms with Gasteiger partial charge in [-0.2, -0.15) is 5.26 Å². The lowest BCUT2D eigenvalue weighted by molar-refractivity contribution is -0.139. The molecule has 0 radical (unpaired) electrons. The lowest BCUT2D eigenvalue weighted by Gasteiger charge is -2.15. The number of carboxylic acid groups (broad SMARTS) is 1. The van der Waals surface area contributed by atoms with E-state index in [2.05, 4.69) is 5.32 Å². The number of rotatable bonds is 5. The average molecular weight is 255 g/mol. The molecule has 0 aliphatic rings. The summed E-state index contributed by atoms with van der Waals surface area (Å²) in [5.74, 6) is -1.05. The van der Waals surface area contributed by atoms with Crippen molar-refractivity contribution in [2.24, 2.45) is 0 Å². The van der Waals surface area contributed by atoms with Crippen molar-refractivity contribution in [1.29, 1.82) is 5.26 Å². The summed E-state index contributed by atoms with van der Waals surface area (Å²) in [6.07, 6.45) is 0. The Hall–Kier alpha value is -1.77. The van der Waals surface area contributed by atoms with Gasteiger partial charge in [-0.25, -0.2) is 4.79 Å². The van der Waals surface area contributed by atoms with Crippen LogP contribution in [0.25, 0.3) is 0 Å². The first kappa shape index (κ1) is 13.3. The largest absolute Gasteiger partial charge is 0.480 e. The van der Waals surface area contributed by atoms with E-state index in [1.54, 1.807) is 6.07 Å². The fourth-order valence-electron chi connectivity index (χ4n) is 1.23. The second-order valence-electron chi connectivity index (χ2n) is 3.30. The number of carbonyl (C=O) groups is 1. The first-order chi connectivity index (χ1) is 8.08. The zero-order valence-corrected chi connectivity index (χ0v) is 9.86. The molecule has 0 spiro atoms. The van der Waals surface area contributed by atoms with Crippen LogP contribution in [0, 0.1) is 11.3 Å². The summed E-state index contributed by atoms with van der Waals surface area (Å²) in [4.78, 5) is 10.9. The molecule has 1 rings (SSSR count). The molecule has 1 atom stereocenters. The zero-order chi connectivity index (χ0) is 12.8. The SMILES string of the molecule is COCC(Nc1cc(C#N)ccc1Cl)C(=O)O. The molecule has 0 saturated heterocycles. The molecule has 0 bridgehead atoms. The van der Waals surface area contributed by atoms with Crippen molar-refractivity contribution in [3.63, 3.8) is 0 Å². The van der Waals surface area contributed by atoms with Crippen LogP contribution in [0.3, 0.4) is 0 Å². The summed E-state index contributed by atoms with van der Waals surface area (Å²) < 4.78 is 4.78. The van der Waals surface area contributed by atoms with E-state index < -0.39 is 12.0 Å². The highest BCUT2D eigenvalue weighted by Gasteiger charge is 2.18. The van der Waals surface area contributed by atoms with E-state index in [0.717, 1.165) is 0 Å². The van der Waals surface area contributed by atoms with E-state index in [1.807, 2.05) is 6.07 Å². The normalized spacial score (nSPS) is 11.6. The summed E-state index contributed by atoms with van der Waals surface area (Å²) in [6, 6.07) is 5.63.